The van der Waals surface area contributed by atoms with Crippen LogP contribution >= 0.6 is 0 Å². The Kier molecular flexibility index (Phi) is 5.04. The molecule has 2 heterocycles. The van der Waals surface area contributed by atoms with Crippen LogP contribution in [0.4, 0.5) is 0 Å². The van der Waals surface area contributed by atoms with Crippen LogP contribution in [0.1, 0.15) is 51.9 Å². The van der Waals surface area contributed by atoms with Crippen molar-refractivity contribution in [3.8, 4) is 0 Å². The van der Waals surface area contributed by atoms with Gasteiger partial charge >= 0.3 is 0 Å². The largest absolute Gasteiger partial charge is 0.281 e. The molecule has 0 aliphatic carbocycles. The van der Waals surface area contributed by atoms with Gasteiger partial charge in [0.1, 0.15) is 0 Å². The Balaban J connectivity index is 2.03. The van der Waals surface area contributed by atoms with Crippen LogP contribution in [-0.2, 0) is 10.2 Å². The second-order valence-corrected chi connectivity index (χ2v) is 7.71. The van der Waals surface area contributed by atoms with E-state index in [-0.39, 0.29) is 0 Å². The fourth-order valence-corrected chi connectivity index (χ4v) is 4.82. The molecule has 0 N–H and O–H groups in total. The summed E-state index contributed by atoms with van der Waals surface area (Å²) in [5.74, 6) is 0.503. The van der Waals surface area contributed by atoms with Crippen molar-refractivity contribution in [3.63, 3.8) is 0 Å². The number of piperidine rings is 1. The normalized spacial score (nSPS) is 29.7. The Morgan fingerprint density at radius 1 is 0.833 bits per heavy atom. The molecule has 0 aromatic carbocycles. The van der Waals surface area contributed by atoms with E-state index >= 15 is 0 Å². The predicted molar refractivity (Wildman–Crippen MR) is 73.5 cm³/mol. The highest BCUT2D eigenvalue weighted by molar-refractivity contribution is 7.86. The first-order valence-corrected chi connectivity index (χ1v) is 8.75. The van der Waals surface area contributed by atoms with Gasteiger partial charge in [0.2, 0.25) is 0 Å². The van der Waals surface area contributed by atoms with Crippen molar-refractivity contribution in [2.24, 2.45) is 5.92 Å². The Bertz CT molecular complexity index is 348. The first-order valence-electron chi connectivity index (χ1n) is 7.36. The highest BCUT2D eigenvalue weighted by atomic mass is 32.2. The molecule has 0 radical (unpaired) electrons. The van der Waals surface area contributed by atoms with Crippen LogP contribution in [0.2, 0.25) is 0 Å². The van der Waals surface area contributed by atoms with Gasteiger partial charge in [0.05, 0.1) is 0 Å². The average molecular weight is 274 g/mol. The summed E-state index contributed by atoms with van der Waals surface area (Å²) in [6, 6.07) is 0. The molecule has 106 valence electrons. The summed E-state index contributed by atoms with van der Waals surface area (Å²) in [5, 5.41) is 0. The lowest BCUT2D eigenvalue weighted by molar-refractivity contribution is 0.252. The van der Waals surface area contributed by atoms with Gasteiger partial charge in [0.15, 0.2) is 0 Å². The molecule has 1 atom stereocenters. The third kappa shape index (κ3) is 3.45. The van der Waals surface area contributed by atoms with Gasteiger partial charge in [0, 0.05) is 26.2 Å². The average Bonchev–Trinajstić information content (AvgIpc) is 2.27. The zero-order chi connectivity index (χ0) is 13.0. The molecule has 2 aliphatic rings. The zero-order valence-corrected chi connectivity index (χ0v) is 12.3. The summed E-state index contributed by atoms with van der Waals surface area (Å²) in [6.07, 6.45) is 7.80. The second kappa shape index (κ2) is 6.35. The summed E-state index contributed by atoms with van der Waals surface area (Å²) in [7, 11) is -3.19. The van der Waals surface area contributed by atoms with Gasteiger partial charge in [-0.3, -0.25) is 0 Å². The van der Waals surface area contributed by atoms with Gasteiger partial charge < -0.3 is 0 Å². The number of hydrogen-bond acceptors (Lipinski definition) is 2. The van der Waals surface area contributed by atoms with Crippen molar-refractivity contribution >= 4 is 10.2 Å². The molecule has 4 nitrogen and oxygen atoms in total. The van der Waals surface area contributed by atoms with E-state index in [4.69, 9.17) is 0 Å². The number of hydrogen-bond donors (Lipinski definition) is 0. The minimum Gasteiger partial charge on any atom is -0.195 e. The molecule has 0 aromatic rings. The summed E-state index contributed by atoms with van der Waals surface area (Å²) in [5.41, 5.74) is 0. The minimum absolute atomic E-state index is 0.503. The quantitative estimate of drug-likeness (QED) is 0.775. The van der Waals surface area contributed by atoms with Crippen molar-refractivity contribution in [1.82, 2.24) is 8.61 Å². The van der Waals surface area contributed by atoms with Crippen LogP contribution in [0.5, 0.6) is 0 Å². The van der Waals surface area contributed by atoms with Gasteiger partial charge in [-0.15, -0.1) is 0 Å². The lowest BCUT2D eigenvalue weighted by Gasteiger charge is -2.35. The smallest absolute Gasteiger partial charge is 0.195 e. The topological polar surface area (TPSA) is 40.6 Å². The van der Waals surface area contributed by atoms with E-state index in [9.17, 15) is 8.42 Å². The Morgan fingerprint density at radius 3 is 2.00 bits per heavy atom. The summed E-state index contributed by atoms with van der Waals surface area (Å²) in [6.45, 7) is 5.00. The lowest BCUT2D eigenvalue weighted by Crippen LogP contribution is -2.48. The standard InChI is InChI=1S/C13H26N2O2S/c1-13-8-7-11-15(12-13)18(16,17)14-9-5-3-2-4-6-10-14/h13H,2-12H2,1H3. The predicted octanol–water partition coefficient (Wildman–Crippen LogP) is 2.23. The van der Waals surface area contributed by atoms with Crippen LogP contribution in [-0.4, -0.2) is 43.2 Å². The minimum atomic E-state index is -3.19. The molecule has 0 amide bonds. The fraction of sp³-hybridized carbons (Fsp3) is 1.00. The molecule has 2 fully saturated rings. The van der Waals surface area contributed by atoms with Gasteiger partial charge in [-0.1, -0.05) is 26.2 Å². The van der Waals surface area contributed by atoms with Crippen molar-refractivity contribution < 1.29 is 8.42 Å². The van der Waals surface area contributed by atoms with Crippen molar-refractivity contribution in [3.05, 3.63) is 0 Å². The van der Waals surface area contributed by atoms with E-state index in [2.05, 4.69) is 6.92 Å². The van der Waals surface area contributed by atoms with Crippen molar-refractivity contribution in [2.75, 3.05) is 26.2 Å². The van der Waals surface area contributed by atoms with Crippen LogP contribution < -0.4 is 0 Å². The maximum absolute atomic E-state index is 12.6. The summed E-state index contributed by atoms with van der Waals surface area (Å²) < 4.78 is 28.6. The van der Waals surface area contributed by atoms with Crippen LogP contribution in [0.15, 0.2) is 0 Å². The lowest BCUT2D eigenvalue weighted by atomic mass is 10.0. The maximum Gasteiger partial charge on any atom is 0.281 e. The molecule has 0 saturated carbocycles. The molecule has 2 aliphatic heterocycles. The molecule has 2 saturated heterocycles. The van der Waals surface area contributed by atoms with Crippen molar-refractivity contribution in [2.45, 2.75) is 51.9 Å². The fourth-order valence-electron chi connectivity index (χ4n) is 2.97. The SMILES string of the molecule is CC1CCCN(S(=O)(=O)N2CCCCCCC2)C1. The third-order valence-electron chi connectivity index (χ3n) is 4.09. The maximum atomic E-state index is 12.6. The van der Waals surface area contributed by atoms with E-state index in [0.717, 1.165) is 25.7 Å². The first-order chi connectivity index (χ1) is 8.60. The highest BCUT2D eigenvalue weighted by Crippen LogP contribution is 2.22. The van der Waals surface area contributed by atoms with Gasteiger partial charge in [-0.05, 0) is 31.6 Å². The Hall–Kier alpha value is -0.130. The molecular formula is C13H26N2O2S. The van der Waals surface area contributed by atoms with Crippen LogP contribution in [0.3, 0.4) is 0 Å². The molecule has 0 aromatic heterocycles. The van der Waals surface area contributed by atoms with Crippen molar-refractivity contribution in [1.29, 1.82) is 0 Å². The van der Waals surface area contributed by atoms with E-state index < -0.39 is 10.2 Å². The van der Waals surface area contributed by atoms with Gasteiger partial charge in [0.25, 0.3) is 10.2 Å². The van der Waals surface area contributed by atoms with E-state index in [1.54, 1.807) is 8.61 Å². The number of rotatable bonds is 2. The summed E-state index contributed by atoms with van der Waals surface area (Å²) in [4.78, 5) is 0. The monoisotopic (exact) mass is 274 g/mol. The Labute approximate surface area is 112 Å². The molecular weight excluding hydrogens is 248 g/mol. The zero-order valence-electron chi connectivity index (χ0n) is 11.5. The third-order valence-corrected chi connectivity index (χ3v) is 6.09. The molecule has 0 bridgehead atoms. The number of nitrogens with zero attached hydrogens (tertiary/aromatic N) is 2. The Morgan fingerprint density at radius 2 is 1.39 bits per heavy atom. The van der Waals surface area contributed by atoms with E-state index in [1.165, 1.54) is 19.3 Å². The van der Waals surface area contributed by atoms with E-state index in [0.29, 0.717) is 32.1 Å². The second-order valence-electron chi connectivity index (χ2n) is 5.78. The van der Waals surface area contributed by atoms with E-state index in [1.807, 2.05) is 0 Å². The van der Waals surface area contributed by atoms with Gasteiger partial charge in [-0.25, -0.2) is 0 Å². The molecule has 5 heteroatoms. The van der Waals surface area contributed by atoms with Crippen LogP contribution in [0, 0.1) is 5.92 Å². The molecule has 18 heavy (non-hydrogen) atoms. The molecule has 0 spiro atoms. The summed E-state index contributed by atoms with van der Waals surface area (Å²) >= 11 is 0. The van der Waals surface area contributed by atoms with Crippen LogP contribution in [0.25, 0.3) is 0 Å². The first kappa shape index (κ1) is 14.3. The highest BCUT2D eigenvalue weighted by Gasteiger charge is 2.32. The molecule has 2 rings (SSSR count). The van der Waals surface area contributed by atoms with Gasteiger partial charge in [-0.2, -0.15) is 17.0 Å². The molecule has 1 unspecified atom stereocenters.